The highest BCUT2D eigenvalue weighted by molar-refractivity contribution is 7.89. The first-order chi connectivity index (χ1) is 16.7. The van der Waals surface area contributed by atoms with E-state index in [-0.39, 0.29) is 10.6 Å². The number of phenols is 1. The van der Waals surface area contributed by atoms with Gasteiger partial charge >= 0.3 is 0 Å². The first kappa shape index (κ1) is 23.1. The summed E-state index contributed by atoms with van der Waals surface area (Å²) in [5.74, 6) is 1.38. The maximum Gasteiger partial charge on any atom is 0.238 e. The van der Waals surface area contributed by atoms with Gasteiger partial charge in [0.1, 0.15) is 5.39 Å². The lowest BCUT2D eigenvalue weighted by molar-refractivity contribution is -0.367. The Bertz CT molecular complexity index is 1530. The molecule has 0 atom stereocenters. The van der Waals surface area contributed by atoms with Crippen LogP contribution in [0, 0.1) is 0 Å². The molecular weight excluding hydrogens is 490 g/mol. The Hall–Kier alpha value is -3.68. The summed E-state index contributed by atoms with van der Waals surface area (Å²) in [7, 11) is -2.22. The number of benzene rings is 2. The molecule has 11 nitrogen and oxygen atoms in total. The smallest absolute Gasteiger partial charge is 0.238 e. The molecule has 0 saturated carbocycles. The number of aromatic amines is 2. The third-order valence-electron chi connectivity index (χ3n) is 6.03. The SMILES string of the molecule is COc1cc2c(cc1O)[nH]c1nc[nH+]c(N3CCN(C(=S)Nc4ccc(S(N)(=O)=O)cc4)CC3)c12. The summed E-state index contributed by atoms with van der Waals surface area (Å²) in [5.41, 5.74) is 2.16. The largest absolute Gasteiger partial charge is 0.504 e. The average molecular weight is 515 g/mol. The van der Waals surface area contributed by atoms with Gasteiger partial charge in [-0.2, -0.15) is 0 Å². The molecule has 4 aromatic rings. The van der Waals surface area contributed by atoms with Gasteiger partial charge in [-0.1, -0.05) is 4.98 Å². The zero-order valence-corrected chi connectivity index (χ0v) is 20.4. The molecule has 2 aromatic heterocycles. The molecule has 0 aliphatic carbocycles. The number of piperazine rings is 1. The molecule has 0 amide bonds. The lowest BCUT2D eigenvalue weighted by atomic mass is 10.1. The number of aromatic nitrogens is 3. The van der Waals surface area contributed by atoms with Crippen molar-refractivity contribution in [3.63, 3.8) is 0 Å². The van der Waals surface area contributed by atoms with E-state index in [0.717, 1.165) is 22.1 Å². The Morgan fingerprint density at radius 1 is 1.23 bits per heavy atom. The van der Waals surface area contributed by atoms with E-state index in [1.807, 2.05) is 0 Å². The van der Waals surface area contributed by atoms with Crippen molar-refractivity contribution in [1.82, 2.24) is 14.9 Å². The molecule has 35 heavy (non-hydrogen) atoms. The second-order valence-corrected chi connectivity index (χ2v) is 10.1. The topological polar surface area (TPSA) is 151 Å². The van der Waals surface area contributed by atoms with Crippen LogP contribution >= 0.6 is 12.2 Å². The summed E-state index contributed by atoms with van der Waals surface area (Å²) in [6, 6.07) is 9.59. The number of ether oxygens (including phenoxy) is 1. The highest BCUT2D eigenvalue weighted by atomic mass is 32.2. The van der Waals surface area contributed by atoms with E-state index in [9.17, 15) is 13.5 Å². The van der Waals surface area contributed by atoms with Gasteiger partial charge in [-0.25, -0.2) is 18.5 Å². The Labute approximate surface area is 206 Å². The van der Waals surface area contributed by atoms with Crippen LogP contribution in [-0.2, 0) is 10.0 Å². The lowest BCUT2D eigenvalue weighted by Gasteiger charge is -2.34. The van der Waals surface area contributed by atoms with E-state index in [0.29, 0.717) is 48.4 Å². The number of hydrogen-bond acceptors (Lipinski definition) is 7. The molecule has 1 saturated heterocycles. The van der Waals surface area contributed by atoms with Gasteiger partial charge in [0.15, 0.2) is 16.6 Å². The second kappa shape index (κ2) is 8.83. The number of sulfonamides is 1. The van der Waals surface area contributed by atoms with Crippen molar-refractivity contribution in [3.8, 4) is 11.5 Å². The number of methoxy groups -OCH3 is 1. The Balaban J connectivity index is 1.32. The normalized spacial score (nSPS) is 14.5. The Morgan fingerprint density at radius 3 is 2.60 bits per heavy atom. The van der Waals surface area contributed by atoms with E-state index < -0.39 is 10.0 Å². The third-order valence-corrected chi connectivity index (χ3v) is 7.32. The molecule has 0 unspecified atom stereocenters. The van der Waals surface area contributed by atoms with Gasteiger partial charge < -0.3 is 25.0 Å². The number of nitrogens with one attached hydrogen (secondary N) is 3. The van der Waals surface area contributed by atoms with Crippen LogP contribution in [0.4, 0.5) is 11.5 Å². The summed E-state index contributed by atoms with van der Waals surface area (Å²) in [4.78, 5) is 15.3. The van der Waals surface area contributed by atoms with Crippen LogP contribution in [0.5, 0.6) is 11.5 Å². The fourth-order valence-electron chi connectivity index (χ4n) is 4.24. The van der Waals surface area contributed by atoms with Gasteiger partial charge in [-0.05, 0) is 42.5 Å². The number of phenolic OH excluding ortho intramolecular Hbond substituents is 1. The Morgan fingerprint density at radius 2 is 1.94 bits per heavy atom. The van der Waals surface area contributed by atoms with E-state index in [1.54, 1.807) is 30.6 Å². The van der Waals surface area contributed by atoms with Crippen molar-refractivity contribution in [3.05, 3.63) is 42.7 Å². The monoisotopic (exact) mass is 514 g/mol. The van der Waals surface area contributed by atoms with Crippen LogP contribution in [0.3, 0.4) is 0 Å². The second-order valence-electron chi connectivity index (χ2n) is 8.14. The molecule has 5 rings (SSSR count). The quantitative estimate of drug-likeness (QED) is 0.296. The van der Waals surface area contributed by atoms with Gasteiger partial charge in [0.05, 0.1) is 43.7 Å². The predicted octanol–water partition coefficient (Wildman–Crippen LogP) is 1.41. The number of fused-ring (bicyclic) bond motifs is 3. The molecule has 1 aliphatic heterocycles. The first-order valence-electron chi connectivity index (χ1n) is 10.8. The molecule has 1 aliphatic rings. The third kappa shape index (κ3) is 4.40. The van der Waals surface area contributed by atoms with E-state index in [2.05, 4.69) is 30.1 Å². The summed E-state index contributed by atoms with van der Waals surface area (Å²) in [5, 5.41) is 20.8. The summed E-state index contributed by atoms with van der Waals surface area (Å²) in [6.45, 7) is 2.80. The number of primary sulfonamides is 1. The molecule has 2 aromatic carbocycles. The molecule has 13 heteroatoms. The van der Waals surface area contributed by atoms with Gasteiger partial charge in [0.25, 0.3) is 0 Å². The molecule has 0 spiro atoms. The maximum absolute atomic E-state index is 11.4. The molecular formula is C22H24N7O4S2+. The van der Waals surface area contributed by atoms with Crippen LogP contribution < -0.4 is 25.1 Å². The van der Waals surface area contributed by atoms with Gasteiger partial charge in [0, 0.05) is 17.1 Å². The number of H-pyrrole nitrogens is 2. The highest BCUT2D eigenvalue weighted by Gasteiger charge is 2.27. The standard InChI is InChI=1S/C22H23N7O4S2/c1-33-18-10-15-16(11-17(18)30)27-20-19(15)21(25-12-24-20)28-6-8-29(9-7-28)22(34)26-13-2-4-14(5-3-13)35(23,31)32/h2-5,10-12,30H,6-9H2,1H3,(H,26,34)(H2,23,31,32)(H,24,25,27)/p+1. The number of nitrogens with zero attached hydrogens (tertiary/aromatic N) is 3. The summed E-state index contributed by atoms with van der Waals surface area (Å²) in [6.07, 6.45) is 1.65. The van der Waals surface area contributed by atoms with E-state index in [4.69, 9.17) is 22.1 Å². The number of nitrogens with two attached hydrogens (primary N) is 1. The minimum absolute atomic E-state index is 0.0487. The number of rotatable bonds is 4. The number of thiocarbonyl (C=S) groups is 1. The maximum atomic E-state index is 11.4. The van der Waals surface area contributed by atoms with Crippen molar-refractivity contribution >= 4 is 60.8 Å². The van der Waals surface area contributed by atoms with Crippen molar-refractivity contribution in [2.45, 2.75) is 4.90 Å². The van der Waals surface area contributed by atoms with Crippen LogP contribution in [0.1, 0.15) is 0 Å². The summed E-state index contributed by atoms with van der Waals surface area (Å²) >= 11 is 5.58. The fourth-order valence-corrected chi connectivity index (χ4v) is 5.06. The van der Waals surface area contributed by atoms with Crippen molar-refractivity contribution in [2.75, 3.05) is 43.5 Å². The average Bonchev–Trinajstić information content (AvgIpc) is 3.20. The number of aromatic hydroxyl groups is 1. The lowest BCUT2D eigenvalue weighted by Crippen LogP contribution is -2.51. The van der Waals surface area contributed by atoms with Gasteiger partial charge in [-0.15, -0.1) is 0 Å². The summed E-state index contributed by atoms with van der Waals surface area (Å²) < 4.78 is 28.2. The van der Waals surface area contributed by atoms with E-state index in [1.165, 1.54) is 19.2 Å². The van der Waals surface area contributed by atoms with Crippen LogP contribution in [0.25, 0.3) is 21.9 Å². The van der Waals surface area contributed by atoms with Gasteiger partial charge in [0.2, 0.25) is 27.8 Å². The van der Waals surface area contributed by atoms with Crippen LogP contribution in [0.2, 0.25) is 0 Å². The first-order valence-corrected chi connectivity index (χ1v) is 12.7. The molecule has 3 heterocycles. The fraction of sp³-hybridized carbons (Fsp3) is 0.227. The number of hydrogen-bond donors (Lipinski definition) is 4. The van der Waals surface area contributed by atoms with E-state index >= 15 is 0 Å². The zero-order chi connectivity index (χ0) is 24.7. The molecule has 182 valence electrons. The number of anilines is 2. The minimum Gasteiger partial charge on any atom is -0.504 e. The predicted molar refractivity (Wildman–Crippen MR) is 136 cm³/mol. The van der Waals surface area contributed by atoms with Crippen LogP contribution in [-0.4, -0.2) is 66.8 Å². The van der Waals surface area contributed by atoms with Gasteiger partial charge in [-0.3, -0.25) is 4.90 Å². The van der Waals surface area contributed by atoms with Crippen molar-refractivity contribution in [1.29, 1.82) is 0 Å². The Kier molecular flexibility index (Phi) is 5.83. The van der Waals surface area contributed by atoms with Crippen molar-refractivity contribution in [2.24, 2.45) is 5.14 Å². The minimum atomic E-state index is -3.74. The van der Waals surface area contributed by atoms with Crippen LogP contribution in [0.15, 0.2) is 47.6 Å². The molecule has 6 N–H and O–H groups in total. The molecule has 1 fully saturated rings. The van der Waals surface area contributed by atoms with Crippen molar-refractivity contribution < 1.29 is 23.2 Å². The molecule has 0 bridgehead atoms. The zero-order valence-electron chi connectivity index (χ0n) is 18.8. The molecule has 0 radical (unpaired) electrons. The highest BCUT2D eigenvalue weighted by Crippen LogP contribution is 2.37.